The van der Waals surface area contributed by atoms with Crippen molar-refractivity contribution in [1.82, 2.24) is 15.3 Å². The molecule has 0 saturated heterocycles. The van der Waals surface area contributed by atoms with Gasteiger partial charge in [-0.25, -0.2) is 9.97 Å². The molecule has 0 atom stereocenters. The SMILES string of the molecule is CC(C)(CO)CNCc1cncnc1. The van der Waals surface area contributed by atoms with Crippen LogP contribution in [0.4, 0.5) is 0 Å². The first-order valence-corrected chi connectivity index (χ1v) is 4.69. The fourth-order valence-electron chi connectivity index (χ4n) is 1.02. The average molecular weight is 195 g/mol. The van der Waals surface area contributed by atoms with Gasteiger partial charge in [0.2, 0.25) is 0 Å². The zero-order valence-electron chi connectivity index (χ0n) is 8.70. The van der Waals surface area contributed by atoms with Gasteiger partial charge in [-0.15, -0.1) is 0 Å². The molecule has 1 heterocycles. The molecule has 0 aliphatic rings. The van der Waals surface area contributed by atoms with Gasteiger partial charge in [0.1, 0.15) is 6.33 Å². The van der Waals surface area contributed by atoms with Crippen LogP contribution >= 0.6 is 0 Å². The van der Waals surface area contributed by atoms with Crippen LogP contribution in [-0.4, -0.2) is 28.2 Å². The van der Waals surface area contributed by atoms with Crippen molar-refractivity contribution in [2.75, 3.05) is 13.2 Å². The number of aliphatic hydroxyl groups is 1. The maximum absolute atomic E-state index is 9.03. The first kappa shape index (κ1) is 11.1. The van der Waals surface area contributed by atoms with Gasteiger partial charge in [0.15, 0.2) is 0 Å². The van der Waals surface area contributed by atoms with Gasteiger partial charge in [-0.05, 0) is 0 Å². The number of aliphatic hydroxyl groups excluding tert-OH is 1. The molecule has 2 N–H and O–H groups in total. The highest BCUT2D eigenvalue weighted by Crippen LogP contribution is 2.11. The van der Waals surface area contributed by atoms with Crippen molar-refractivity contribution in [2.24, 2.45) is 5.41 Å². The lowest BCUT2D eigenvalue weighted by Crippen LogP contribution is -2.31. The Morgan fingerprint density at radius 3 is 2.57 bits per heavy atom. The molecule has 1 aromatic rings. The second-order valence-electron chi connectivity index (χ2n) is 4.17. The van der Waals surface area contributed by atoms with Crippen molar-refractivity contribution < 1.29 is 5.11 Å². The summed E-state index contributed by atoms with van der Waals surface area (Å²) in [6.45, 7) is 5.73. The van der Waals surface area contributed by atoms with Gasteiger partial charge in [0.25, 0.3) is 0 Å². The second-order valence-corrected chi connectivity index (χ2v) is 4.17. The summed E-state index contributed by atoms with van der Waals surface area (Å²) in [6.07, 6.45) is 5.08. The van der Waals surface area contributed by atoms with Crippen LogP contribution in [-0.2, 0) is 6.54 Å². The zero-order valence-corrected chi connectivity index (χ0v) is 8.70. The molecule has 0 bridgehead atoms. The number of hydrogen-bond acceptors (Lipinski definition) is 4. The van der Waals surface area contributed by atoms with Gasteiger partial charge in [0.05, 0.1) is 0 Å². The molecule has 4 heteroatoms. The average Bonchev–Trinajstić information content (AvgIpc) is 2.19. The summed E-state index contributed by atoms with van der Waals surface area (Å²) in [5.74, 6) is 0. The van der Waals surface area contributed by atoms with Crippen molar-refractivity contribution in [1.29, 1.82) is 0 Å². The Morgan fingerprint density at radius 2 is 2.00 bits per heavy atom. The summed E-state index contributed by atoms with van der Waals surface area (Å²) in [4.78, 5) is 7.84. The minimum atomic E-state index is -0.0738. The molecule has 78 valence electrons. The summed E-state index contributed by atoms with van der Waals surface area (Å²) in [6, 6.07) is 0. The van der Waals surface area contributed by atoms with Crippen LogP contribution < -0.4 is 5.32 Å². The molecule has 0 amide bonds. The Hall–Kier alpha value is -1.00. The largest absolute Gasteiger partial charge is 0.396 e. The monoisotopic (exact) mass is 195 g/mol. The van der Waals surface area contributed by atoms with E-state index in [9.17, 15) is 0 Å². The summed E-state index contributed by atoms with van der Waals surface area (Å²) in [7, 11) is 0. The number of aromatic nitrogens is 2. The van der Waals surface area contributed by atoms with E-state index in [1.165, 1.54) is 6.33 Å². The number of nitrogens with zero attached hydrogens (tertiary/aromatic N) is 2. The van der Waals surface area contributed by atoms with Crippen LogP contribution in [0.15, 0.2) is 18.7 Å². The standard InChI is InChI=1S/C10H17N3O/c1-10(2,7-14)6-11-3-9-4-12-8-13-5-9/h4-5,8,11,14H,3,6-7H2,1-2H3. The summed E-state index contributed by atoms with van der Waals surface area (Å²) < 4.78 is 0. The van der Waals surface area contributed by atoms with Gasteiger partial charge < -0.3 is 10.4 Å². The maximum atomic E-state index is 9.03. The molecule has 0 spiro atoms. The third kappa shape index (κ3) is 3.81. The van der Waals surface area contributed by atoms with Crippen molar-refractivity contribution in [2.45, 2.75) is 20.4 Å². The topological polar surface area (TPSA) is 58.0 Å². The quantitative estimate of drug-likeness (QED) is 0.721. The van der Waals surface area contributed by atoms with Crippen molar-refractivity contribution in [3.63, 3.8) is 0 Å². The van der Waals surface area contributed by atoms with E-state index in [1.807, 2.05) is 13.8 Å². The molecule has 0 aliphatic heterocycles. The van der Waals surface area contributed by atoms with E-state index in [0.29, 0.717) is 0 Å². The van der Waals surface area contributed by atoms with Crippen molar-refractivity contribution >= 4 is 0 Å². The highest BCUT2D eigenvalue weighted by atomic mass is 16.3. The normalized spacial score (nSPS) is 11.6. The number of rotatable bonds is 5. The van der Waals surface area contributed by atoms with Gasteiger partial charge in [-0.2, -0.15) is 0 Å². The minimum Gasteiger partial charge on any atom is -0.396 e. The summed E-state index contributed by atoms with van der Waals surface area (Å²) in [5.41, 5.74) is 0.983. The lowest BCUT2D eigenvalue weighted by Gasteiger charge is -2.21. The van der Waals surface area contributed by atoms with E-state index >= 15 is 0 Å². The third-order valence-corrected chi connectivity index (χ3v) is 1.97. The molecule has 1 rings (SSSR count). The van der Waals surface area contributed by atoms with Crippen LogP contribution in [0.2, 0.25) is 0 Å². The molecular weight excluding hydrogens is 178 g/mol. The molecule has 0 unspecified atom stereocenters. The van der Waals surface area contributed by atoms with Crippen LogP contribution in [0.25, 0.3) is 0 Å². The van der Waals surface area contributed by atoms with E-state index < -0.39 is 0 Å². The van der Waals surface area contributed by atoms with Crippen molar-refractivity contribution in [3.05, 3.63) is 24.3 Å². The molecule has 0 aliphatic carbocycles. The smallest absolute Gasteiger partial charge is 0.115 e. The Bertz CT molecular complexity index is 261. The molecule has 0 aromatic carbocycles. The molecule has 4 nitrogen and oxygen atoms in total. The first-order valence-electron chi connectivity index (χ1n) is 4.69. The van der Waals surface area contributed by atoms with E-state index in [4.69, 9.17) is 5.11 Å². The molecular formula is C10H17N3O. The number of hydrogen-bond donors (Lipinski definition) is 2. The van der Waals surface area contributed by atoms with E-state index in [-0.39, 0.29) is 12.0 Å². The molecule has 14 heavy (non-hydrogen) atoms. The fraction of sp³-hybridized carbons (Fsp3) is 0.600. The third-order valence-electron chi connectivity index (χ3n) is 1.97. The molecule has 0 radical (unpaired) electrons. The summed E-state index contributed by atoms with van der Waals surface area (Å²) >= 11 is 0. The zero-order chi connectivity index (χ0) is 10.4. The molecule has 0 fully saturated rings. The Labute approximate surface area is 84.4 Å². The van der Waals surface area contributed by atoms with Gasteiger partial charge in [-0.3, -0.25) is 0 Å². The van der Waals surface area contributed by atoms with Crippen LogP contribution in [0.5, 0.6) is 0 Å². The maximum Gasteiger partial charge on any atom is 0.115 e. The van der Waals surface area contributed by atoms with Crippen LogP contribution in [0.1, 0.15) is 19.4 Å². The van der Waals surface area contributed by atoms with E-state index in [0.717, 1.165) is 18.7 Å². The summed E-state index contributed by atoms with van der Waals surface area (Å²) in [5, 5.41) is 12.3. The fourth-order valence-corrected chi connectivity index (χ4v) is 1.02. The van der Waals surface area contributed by atoms with Gasteiger partial charge in [-0.1, -0.05) is 13.8 Å². The van der Waals surface area contributed by atoms with Crippen LogP contribution in [0.3, 0.4) is 0 Å². The Morgan fingerprint density at radius 1 is 1.36 bits per heavy atom. The predicted octanol–water partition coefficient (Wildman–Crippen LogP) is 0.585. The number of nitrogens with one attached hydrogen (secondary N) is 1. The molecule has 0 saturated carbocycles. The highest BCUT2D eigenvalue weighted by molar-refractivity contribution is 5.01. The van der Waals surface area contributed by atoms with E-state index in [2.05, 4.69) is 15.3 Å². The predicted molar refractivity (Wildman–Crippen MR) is 54.6 cm³/mol. The first-order chi connectivity index (χ1) is 6.64. The van der Waals surface area contributed by atoms with Crippen molar-refractivity contribution in [3.8, 4) is 0 Å². The molecule has 1 aromatic heterocycles. The Kier molecular flexibility index (Phi) is 3.98. The van der Waals surface area contributed by atoms with Gasteiger partial charge in [0, 0.05) is 43.1 Å². The van der Waals surface area contributed by atoms with E-state index in [1.54, 1.807) is 12.4 Å². The van der Waals surface area contributed by atoms with Gasteiger partial charge >= 0.3 is 0 Å². The lowest BCUT2D eigenvalue weighted by molar-refractivity contribution is 0.156. The minimum absolute atomic E-state index is 0.0738. The highest BCUT2D eigenvalue weighted by Gasteiger charge is 2.15. The Balaban J connectivity index is 2.29. The van der Waals surface area contributed by atoms with Crippen LogP contribution in [0, 0.1) is 5.41 Å². The second kappa shape index (κ2) is 5.02. The lowest BCUT2D eigenvalue weighted by atomic mass is 9.95.